The molecule has 0 heterocycles. The molecule has 0 unspecified atom stereocenters. The third kappa shape index (κ3) is 6.63. The van der Waals surface area contributed by atoms with E-state index in [0.717, 1.165) is 17.7 Å². The summed E-state index contributed by atoms with van der Waals surface area (Å²) >= 11 is 8.27. The van der Waals surface area contributed by atoms with Crippen LogP contribution in [0.2, 0.25) is 5.02 Å². The molecule has 0 aliphatic heterocycles. The second-order valence-electron chi connectivity index (χ2n) is 6.89. The molecular formula is C24H19ClF3IN2O3. The minimum absolute atomic E-state index is 0.234. The van der Waals surface area contributed by atoms with Crippen molar-refractivity contribution >= 4 is 46.3 Å². The summed E-state index contributed by atoms with van der Waals surface area (Å²) in [5.74, 6) is 0.00269. The Morgan fingerprint density at radius 2 is 1.82 bits per heavy atom. The summed E-state index contributed by atoms with van der Waals surface area (Å²) in [5, 5.41) is 4.39. The van der Waals surface area contributed by atoms with E-state index in [-0.39, 0.29) is 6.61 Å². The predicted octanol–water partition coefficient (Wildman–Crippen LogP) is 6.71. The van der Waals surface area contributed by atoms with E-state index in [0.29, 0.717) is 32.3 Å². The first-order valence-corrected chi connectivity index (χ1v) is 11.5. The molecule has 1 amide bonds. The van der Waals surface area contributed by atoms with E-state index < -0.39 is 23.2 Å². The Bertz CT molecular complexity index is 1200. The van der Waals surface area contributed by atoms with Crippen molar-refractivity contribution in [2.45, 2.75) is 19.7 Å². The van der Waals surface area contributed by atoms with E-state index in [1.54, 1.807) is 18.2 Å². The van der Waals surface area contributed by atoms with E-state index in [1.807, 2.05) is 25.1 Å². The molecule has 5 nitrogen and oxygen atoms in total. The van der Waals surface area contributed by atoms with Crippen molar-refractivity contribution in [1.82, 2.24) is 5.43 Å². The molecule has 0 spiro atoms. The maximum absolute atomic E-state index is 13.1. The highest BCUT2D eigenvalue weighted by Crippen LogP contribution is 2.35. The molecule has 0 saturated heterocycles. The number of halogens is 5. The zero-order valence-electron chi connectivity index (χ0n) is 17.8. The second kappa shape index (κ2) is 11.6. The molecule has 0 aliphatic carbocycles. The molecule has 3 aromatic rings. The van der Waals surface area contributed by atoms with Crippen molar-refractivity contribution in [3.63, 3.8) is 0 Å². The Balaban J connectivity index is 1.76. The summed E-state index contributed by atoms with van der Waals surface area (Å²) in [7, 11) is 0. The summed E-state index contributed by atoms with van der Waals surface area (Å²) in [6.45, 7) is 2.44. The minimum atomic E-state index is -4.65. The molecule has 0 aromatic heterocycles. The zero-order valence-corrected chi connectivity index (χ0v) is 20.7. The van der Waals surface area contributed by atoms with Gasteiger partial charge in [-0.2, -0.15) is 18.3 Å². The number of alkyl halides is 3. The van der Waals surface area contributed by atoms with E-state index >= 15 is 0 Å². The predicted molar refractivity (Wildman–Crippen MR) is 133 cm³/mol. The molecule has 0 radical (unpaired) electrons. The number of nitrogens with zero attached hydrogens (tertiary/aromatic N) is 1. The van der Waals surface area contributed by atoms with Crippen molar-refractivity contribution in [3.05, 3.63) is 91.5 Å². The average Bonchev–Trinajstić information content (AvgIpc) is 2.79. The van der Waals surface area contributed by atoms with Crippen molar-refractivity contribution in [2.75, 3.05) is 6.61 Å². The van der Waals surface area contributed by atoms with E-state index in [4.69, 9.17) is 21.1 Å². The third-order valence-corrected chi connectivity index (χ3v) is 5.69. The summed E-state index contributed by atoms with van der Waals surface area (Å²) in [5.41, 5.74) is 1.97. The highest BCUT2D eigenvalue weighted by Gasteiger charge is 2.34. The van der Waals surface area contributed by atoms with Crippen LogP contribution in [-0.4, -0.2) is 18.7 Å². The summed E-state index contributed by atoms with van der Waals surface area (Å²) in [6.07, 6.45) is -3.34. The van der Waals surface area contributed by atoms with Gasteiger partial charge in [0.05, 0.1) is 27.5 Å². The molecule has 178 valence electrons. The fourth-order valence-electron chi connectivity index (χ4n) is 2.98. The number of hydrogen-bond acceptors (Lipinski definition) is 4. The maximum atomic E-state index is 13.1. The van der Waals surface area contributed by atoms with Crippen LogP contribution >= 0.6 is 34.2 Å². The molecule has 0 saturated carbocycles. The van der Waals surface area contributed by atoms with Crippen LogP contribution in [0.3, 0.4) is 0 Å². The first-order valence-electron chi connectivity index (χ1n) is 10.0. The van der Waals surface area contributed by atoms with Crippen LogP contribution in [0, 0.1) is 3.57 Å². The molecule has 0 bridgehead atoms. The smallest absolute Gasteiger partial charge is 0.417 e. The van der Waals surface area contributed by atoms with Gasteiger partial charge >= 0.3 is 6.18 Å². The number of benzene rings is 3. The van der Waals surface area contributed by atoms with Gasteiger partial charge in [-0.3, -0.25) is 4.79 Å². The number of nitrogens with one attached hydrogen (secondary N) is 1. The Morgan fingerprint density at radius 3 is 2.53 bits per heavy atom. The number of carbonyl (C=O) groups excluding carboxylic acids is 1. The largest absolute Gasteiger partial charge is 0.490 e. The van der Waals surface area contributed by atoms with Crippen molar-refractivity contribution in [1.29, 1.82) is 0 Å². The van der Waals surface area contributed by atoms with E-state index in [1.165, 1.54) is 18.3 Å². The number of rotatable bonds is 8. The minimum Gasteiger partial charge on any atom is -0.490 e. The number of hydrogen-bond donors (Lipinski definition) is 1. The number of hydrazone groups is 1. The Morgan fingerprint density at radius 1 is 1.12 bits per heavy atom. The van der Waals surface area contributed by atoms with Gasteiger partial charge in [-0.25, -0.2) is 5.43 Å². The van der Waals surface area contributed by atoms with Gasteiger partial charge < -0.3 is 9.47 Å². The fraction of sp³-hybridized carbons (Fsp3) is 0.167. The lowest BCUT2D eigenvalue weighted by molar-refractivity contribution is -0.137. The topological polar surface area (TPSA) is 59.9 Å². The molecule has 10 heteroatoms. The van der Waals surface area contributed by atoms with Gasteiger partial charge in [0, 0.05) is 10.6 Å². The van der Waals surface area contributed by atoms with Gasteiger partial charge in [0.15, 0.2) is 11.5 Å². The van der Waals surface area contributed by atoms with Crippen LogP contribution in [0.5, 0.6) is 11.5 Å². The van der Waals surface area contributed by atoms with Crippen LogP contribution in [0.4, 0.5) is 13.2 Å². The standard InChI is InChI=1S/C24H19ClF3IN2O3/c1-2-33-21-12-15(11-20(29)22(21)34-14-16-7-3-6-10-19(16)25)13-30-31-23(32)17-8-4-5-9-18(17)24(26,27)28/h3-13H,2,14H2,1H3,(H,31,32)/b30-13+. The molecule has 0 aliphatic rings. The van der Waals surface area contributed by atoms with Crippen LogP contribution in [0.25, 0.3) is 0 Å². The maximum Gasteiger partial charge on any atom is 0.417 e. The van der Waals surface area contributed by atoms with Crippen LogP contribution in [0.15, 0.2) is 65.8 Å². The number of ether oxygens (including phenoxy) is 2. The van der Waals surface area contributed by atoms with Gasteiger partial charge in [0.25, 0.3) is 5.91 Å². The van der Waals surface area contributed by atoms with Gasteiger partial charge in [-0.15, -0.1) is 0 Å². The summed E-state index contributed by atoms with van der Waals surface area (Å²) in [6, 6.07) is 15.2. The fourth-order valence-corrected chi connectivity index (χ4v) is 3.96. The normalized spacial score (nSPS) is 11.5. The molecule has 3 rings (SSSR count). The quantitative estimate of drug-likeness (QED) is 0.177. The van der Waals surface area contributed by atoms with Gasteiger partial charge in [0.1, 0.15) is 6.61 Å². The lowest BCUT2D eigenvalue weighted by Gasteiger charge is -2.15. The summed E-state index contributed by atoms with van der Waals surface area (Å²) < 4.78 is 51.8. The molecule has 1 N–H and O–H groups in total. The van der Waals surface area contributed by atoms with Crippen LogP contribution < -0.4 is 14.9 Å². The van der Waals surface area contributed by atoms with Crippen LogP contribution in [0.1, 0.15) is 34.0 Å². The van der Waals surface area contributed by atoms with E-state index in [2.05, 4.69) is 33.1 Å². The van der Waals surface area contributed by atoms with Crippen molar-refractivity contribution in [3.8, 4) is 11.5 Å². The molecule has 3 aromatic carbocycles. The highest BCUT2D eigenvalue weighted by atomic mass is 127. The first-order chi connectivity index (χ1) is 16.2. The van der Waals surface area contributed by atoms with Crippen LogP contribution in [-0.2, 0) is 12.8 Å². The van der Waals surface area contributed by atoms with Gasteiger partial charge in [-0.1, -0.05) is 41.9 Å². The average molecular weight is 603 g/mol. The third-order valence-electron chi connectivity index (χ3n) is 4.52. The molecule has 0 atom stereocenters. The monoisotopic (exact) mass is 602 g/mol. The van der Waals surface area contributed by atoms with Gasteiger partial charge in [-0.05, 0) is 65.4 Å². The second-order valence-corrected chi connectivity index (χ2v) is 8.45. The highest BCUT2D eigenvalue weighted by molar-refractivity contribution is 14.1. The van der Waals surface area contributed by atoms with Crippen molar-refractivity contribution < 1.29 is 27.4 Å². The lowest BCUT2D eigenvalue weighted by Crippen LogP contribution is -2.22. The molecule has 34 heavy (non-hydrogen) atoms. The SMILES string of the molecule is CCOc1cc(/C=N/NC(=O)c2ccccc2C(F)(F)F)cc(I)c1OCc1ccccc1Cl. The Kier molecular flexibility index (Phi) is 8.78. The van der Waals surface area contributed by atoms with Crippen molar-refractivity contribution in [2.24, 2.45) is 5.10 Å². The van der Waals surface area contributed by atoms with Gasteiger partial charge in [0.2, 0.25) is 0 Å². The number of amides is 1. The molecule has 0 fully saturated rings. The number of carbonyl (C=O) groups is 1. The first kappa shape index (κ1) is 25.8. The van der Waals surface area contributed by atoms with E-state index in [9.17, 15) is 18.0 Å². The zero-order chi connectivity index (χ0) is 24.7. The Labute approximate surface area is 213 Å². The Hall–Kier alpha value is -2.79. The summed E-state index contributed by atoms with van der Waals surface area (Å²) in [4.78, 5) is 12.3. The molecular weight excluding hydrogens is 584 g/mol. The lowest BCUT2D eigenvalue weighted by atomic mass is 10.1.